The van der Waals surface area contributed by atoms with Crippen molar-refractivity contribution in [2.45, 2.75) is 38.0 Å². The Balaban J connectivity index is 2.49. The van der Waals surface area contributed by atoms with E-state index in [-0.39, 0.29) is 0 Å². The minimum absolute atomic E-state index is 0.366. The fourth-order valence-corrected chi connectivity index (χ4v) is 3.29. The Kier molecular flexibility index (Phi) is 4.79. The summed E-state index contributed by atoms with van der Waals surface area (Å²) in [6.45, 7) is 0.731. The first kappa shape index (κ1) is 14.7. The number of hydrogen-bond donors (Lipinski definition) is 1. The van der Waals surface area contributed by atoms with Crippen LogP contribution in [0.4, 0.5) is 13.2 Å². The molecule has 0 bridgehead atoms. The summed E-state index contributed by atoms with van der Waals surface area (Å²) in [6, 6.07) is 0. The summed E-state index contributed by atoms with van der Waals surface area (Å²) >= 11 is 0. The van der Waals surface area contributed by atoms with E-state index in [0.29, 0.717) is 13.1 Å². The van der Waals surface area contributed by atoms with Crippen LogP contribution in [-0.4, -0.2) is 49.0 Å². The third kappa shape index (κ3) is 4.44. The fraction of sp³-hybridized carbons (Fsp3) is 1.00. The average Bonchev–Trinajstić information content (AvgIpc) is 2.26. The van der Waals surface area contributed by atoms with Gasteiger partial charge in [-0.05, 0) is 19.3 Å². The van der Waals surface area contributed by atoms with E-state index in [9.17, 15) is 21.6 Å². The van der Waals surface area contributed by atoms with Gasteiger partial charge in [-0.1, -0.05) is 6.42 Å². The molecule has 0 amide bonds. The summed E-state index contributed by atoms with van der Waals surface area (Å²) in [5.41, 5.74) is 0. The van der Waals surface area contributed by atoms with Crippen LogP contribution in [0.1, 0.15) is 25.7 Å². The first-order valence-electron chi connectivity index (χ1n) is 5.46. The molecule has 0 aliphatic carbocycles. The number of alkyl halides is 3. The number of sulfonamides is 1. The van der Waals surface area contributed by atoms with Crippen molar-refractivity contribution in [3.63, 3.8) is 0 Å². The zero-order valence-electron chi connectivity index (χ0n) is 9.28. The molecule has 17 heavy (non-hydrogen) atoms. The Morgan fingerprint density at radius 3 is 2.18 bits per heavy atom. The second kappa shape index (κ2) is 5.53. The maximum Gasteiger partial charge on any atom is 0.414 e. The minimum atomic E-state index is -4.75. The quantitative estimate of drug-likeness (QED) is 0.836. The summed E-state index contributed by atoms with van der Waals surface area (Å²) < 4.78 is 60.6. The zero-order chi connectivity index (χ0) is 13.1. The first-order valence-corrected chi connectivity index (χ1v) is 7.07. The number of hydrogen-bond acceptors (Lipinski definition) is 3. The molecule has 0 aromatic rings. The molecule has 8 heteroatoms. The van der Waals surface area contributed by atoms with Gasteiger partial charge in [-0.15, -0.1) is 0 Å². The van der Waals surface area contributed by atoms with Crippen molar-refractivity contribution >= 4 is 10.0 Å². The van der Waals surface area contributed by atoms with Gasteiger partial charge >= 0.3 is 6.18 Å². The van der Waals surface area contributed by atoms with Crippen LogP contribution >= 0.6 is 0 Å². The average molecular weight is 275 g/mol. The molecule has 1 aliphatic heterocycles. The molecule has 1 aliphatic rings. The van der Waals surface area contributed by atoms with Crippen molar-refractivity contribution < 1.29 is 26.7 Å². The molecule has 0 spiro atoms. The van der Waals surface area contributed by atoms with Crippen LogP contribution in [-0.2, 0) is 10.0 Å². The molecule has 1 atom stereocenters. The van der Waals surface area contributed by atoms with E-state index in [1.54, 1.807) is 0 Å². The number of aliphatic hydroxyl groups excluding tert-OH is 1. The number of aliphatic hydroxyl groups is 1. The first-order chi connectivity index (χ1) is 7.73. The molecular weight excluding hydrogens is 259 g/mol. The predicted octanol–water partition coefficient (Wildman–Crippen LogP) is 1.12. The predicted molar refractivity (Wildman–Crippen MR) is 55.9 cm³/mol. The van der Waals surface area contributed by atoms with Gasteiger partial charge in [0, 0.05) is 13.1 Å². The molecule has 1 fully saturated rings. The highest BCUT2D eigenvalue weighted by molar-refractivity contribution is 7.89. The zero-order valence-corrected chi connectivity index (χ0v) is 10.1. The van der Waals surface area contributed by atoms with Gasteiger partial charge in [-0.25, -0.2) is 12.7 Å². The summed E-state index contributed by atoms with van der Waals surface area (Å²) in [7, 11) is -3.67. The molecule has 1 heterocycles. The Labute approximate surface area is 98.5 Å². The van der Waals surface area contributed by atoms with Gasteiger partial charge < -0.3 is 5.11 Å². The summed E-state index contributed by atoms with van der Waals surface area (Å²) in [6.07, 6.45) is -5.71. The molecule has 0 aromatic carbocycles. The Hall–Kier alpha value is -0.340. The topological polar surface area (TPSA) is 57.6 Å². The molecule has 1 rings (SSSR count). The van der Waals surface area contributed by atoms with Crippen molar-refractivity contribution in [1.82, 2.24) is 4.31 Å². The SMILES string of the molecule is O=S(=O)(CCC(O)C(F)(F)F)N1CCCCC1. The maximum atomic E-state index is 12.0. The van der Waals surface area contributed by atoms with Gasteiger partial charge in [0.25, 0.3) is 0 Å². The molecule has 0 aromatic heterocycles. The lowest BCUT2D eigenvalue weighted by atomic mass is 10.2. The second-order valence-electron chi connectivity index (χ2n) is 4.12. The molecule has 4 nitrogen and oxygen atoms in total. The number of halogens is 3. The third-order valence-corrected chi connectivity index (χ3v) is 4.64. The Morgan fingerprint density at radius 1 is 1.18 bits per heavy atom. The lowest BCUT2D eigenvalue weighted by molar-refractivity contribution is -0.203. The summed E-state index contributed by atoms with van der Waals surface area (Å²) in [5.74, 6) is -0.659. The molecule has 102 valence electrons. The molecule has 1 unspecified atom stereocenters. The number of nitrogens with zero attached hydrogens (tertiary/aromatic N) is 1. The third-order valence-electron chi connectivity index (χ3n) is 2.74. The Morgan fingerprint density at radius 2 is 1.71 bits per heavy atom. The van der Waals surface area contributed by atoms with E-state index < -0.39 is 34.5 Å². The van der Waals surface area contributed by atoms with Crippen molar-refractivity contribution in [3.05, 3.63) is 0 Å². The summed E-state index contributed by atoms with van der Waals surface area (Å²) in [5, 5.41) is 8.74. The molecule has 0 radical (unpaired) electrons. The van der Waals surface area contributed by atoms with E-state index in [1.165, 1.54) is 4.31 Å². The van der Waals surface area contributed by atoms with Crippen LogP contribution < -0.4 is 0 Å². The molecule has 1 saturated heterocycles. The second-order valence-corrected chi connectivity index (χ2v) is 6.21. The molecule has 0 saturated carbocycles. The van der Waals surface area contributed by atoms with Gasteiger partial charge in [-0.3, -0.25) is 0 Å². The largest absolute Gasteiger partial charge is 0.414 e. The molecular formula is C9H16F3NO3S. The van der Waals surface area contributed by atoms with Crippen LogP contribution in [0.2, 0.25) is 0 Å². The van der Waals surface area contributed by atoms with Gasteiger partial charge in [0.2, 0.25) is 10.0 Å². The molecule has 1 N–H and O–H groups in total. The van der Waals surface area contributed by atoms with E-state index in [4.69, 9.17) is 5.11 Å². The highest BCUT2D eigenvalue weighted by Gasteiger charge is 2.39. The summed E-state index contributed by atoms with van der Waals surface area (Å²) in [4.78, 5) is 0. The van der Waals surface area contributed by atoms with Crippen LogP contribution in [0.15, 0.2) is 0 Å². The van der Waals surface area contributed by atoms with Crippen molar-refractivity contribution in [1.29, 1.82) is 0 Å². The minimum Gasteiger partial charge on any atom is -0.384 e. The van der Waals surface area contributed by atoms with Crippen molar-refractivity contribution in [2.75, 3.05) is 18.8 Å². The Bertz CT molecular complexity index is 336. The van der Waals surface area contributed by atoms with E-state index in [2.05, 4.69) is 0 Å². The van der Waals surface area contributed by atoms with Crippen molar-refractivity contribution in [3.8, 4) is 0 Å². The lowest BCUT2D eigenvalue weighted by Gasteiger charge is -2.26. The smallest absolute Gasteiger partial charge is 0.384 e. The fourth-order valence-electron chi connectivity index (χ4n) is 1.70. The van der Waals surface area contributed by atoms with E-state index in [0.717, 1.165) is 19.3 Å². The number of rotatable bonds is 4. The highest BCUT2D eigenvalue weighted by atomic mass is 32.2. The van der Waals surface area contributed by atoms with Gasteiger partial charge in [0.1, 0.15) is 0 Å². The number of piperidine rings is 1. The van der Waals surface area contributed by atoms with Crippen LogP contribution in [0.25, 0.3) is 0 Å². The van der Waals surface area contributed by atoms with Gasteiger partial charge in [-0.2, -0.15) is 13.2 Å². The van der Waals surface area contributed by atoms with Gasteiger partial charge in [0.05, 0.1) is 5.75 Å². The van der Waals surface area contributed by atoms with E-state index >= 15 is 0 Å². The standard InChI is InChI=1S/C9H16F3NO3S/c10-9(11,12)8(14)4-7-17(15,16)13-5-2-1-3-6-13/h8,14H,1-7H2. The normalized spacial score (nSPS) is 21.4. The maximum absolute atomic E-state index is 12.0. The van der Waals surface area contributed by atoms with Crippen molar-refractivity contribution in [2.24, 2.45) is 0 Å². The lowest BCUT2D eigenvalue weighted by Crippen LogP contribution is -2.39. The van der Waals surface area contributed by atoms with Crippen LogP contribution in [0.3, 0.4) is 0 Å². The monoisotopic (exact) mass is 275 g/mol. The van der Waals surface area contributed by atoms with E-state index in [1.807, 2.05) is 0 Å². The van der Waals surface area contributed by atoms with Crippen LogP contribution in [0.5, 0.6) is 0 Å². The van der Waals surface area contributed by atoms with Gasteiger partial charge in [0.15, 0.2) is 6.10 Å². The van der Waals surface area contributed by atoms with Crippen LogP contribution in [0, 0.1) is 0 Å². The highest BCUT2D eigenvalue weighted by Crippen LogP contribution is 2.23.